The molecule has 7 nitrogen and oxygen atoms in total. The van der Waals surface area contributed by atoms with Crippen molar-refractivity contribution in [3.8, 4) is 34.2 Å². The topological polar surface area (TPSA) is 109 Å². The second-order valence-corrected chi connectivity index (χ2v) is 7.28. The third-order valence-electron chi connectivity index (χ3n) is 4.81. The molecule has 0 aliphatic carbocycles. The molecule has 0 aliphatic heterocycles. The lowest BCUT2D eigenvalue weighted by atomic mass is 10.0. The van der Waals surface area contributed by atoms with Gasteiger partial charge in [0.05, 0.1) is 18.7 Å². The molecule has 0 radical (unpaired) electrons. The Balaban J connectivity index is 1.91. The molecule has 7 heteroatoms. The average molecular weight is 428 g/mol. The molecule has 0 bridgehead atoms. The molecule has 2 amide bonds. The molecule has 0 saturated heterocycles. The number of aryl methyl sites for hydroxylation is 1. The first-order valence-electron chi connectivity index (χ1n) is 10.1. The SMILES string of the molecule is Cc1ccc(-c2cc(C(N)=O)nc(-c3cccc(C#CCC(=O)N(C)CCO)c3)c2)cn1. The third kappa shape index (κ3) is 5.78. The number of likely N-dealkylation sites (N-methyl/N-ethyl adjacent to an activating group) is 1. The van der Waals surface area contributed by atoms with Crippen LogP contribution in [0, 0.1) is 18.8 Å². The number of carbonyl (C=O) groups excluding carboxylic acids is 2. The van der Waals surface area contributed by atoms with Crippen LogP contribution in [0.5, 0.6) is 0 Å². The number of carbonyl (C=O) groups is 2. The number of aliphatic hydroxyl groups is 1. The van der Waals surface area contributed by atoms with E-state index >= 15 is 0 Å². The zero-order valence-corrected chi connectivity index (χ0v) is 18.0. The van der Waals surface area contributed by atoms with Crippen molar-refractivity contribution < 1.29 is 14.7 Å². The molecular weight excluding hydrogens is 404 g/mol. The van der Waals surface area contributed by atoms with E-state index in [0.29, 0.717) is 11.3 Å². The van der Waals surface area contributed by atoms with E-state index in [0.717, 1.165) is 22.4 Å². The highest BCUT2D eigenvalue weighted by molar-refractivity contribution is 5.93. The Kier molecular flexibility index (Phi) is 7.32. The minimum absolute atomic E-state index is 0.0563. The standard InChI is InChI=1S/C25H24N4O3/c1-17-9-10-20(16-27-17)21-14-22(28-23(15-21)25(26)32)19-7-3-5-18(13-19)6-4-8-24(31)29(2)11-12-30/h3,5,7,9-10,13-16,30H,8,11-12H2,1-2H3,(H2,26,32). The average Bonchev–Trinajstić information content (AvgIpc) is 2.79. The first-order chi connectivity index (χ1) is 15.4. The molecule has 3 rings (SSSR count). The van der Waals surface area contributed by atoms with Crippen LogP contribution in [0.4, 0.5) is 0 Å². The van der Waals surface area contributed by atoms with Crippen LogP contribution >= 0.6 is 0 Å². The van der Waals surface area contributed by atoms with E-state index in [9.17, 15) is 9.59 Å². The van der Waals surface area contributed by atoms with E-state index in [2.05, 4.69) is 21.8 Å². The van der Waals surface area contributed by atoms with Crippen LogP contribution in [-0.4, -0.2) is 52.0 Å². The summed E-state index contributed by atoms with van der Waals surface area (Å²) >= 11 is 0. The number of hydrogen-bond acceptors (Lipinski definition) is 5. The number of hydrogen-bond donors (Lipinski definition) is 2. The number of pyridine rings is 2. The Hall–Kier alpha value is -4.02. The van der Waals surface area contributed by atoms with Crippen molar-refractivity contribution in [3.05, 3.63) is 71.7 Å². The van der Waals surface area contributed by atoms with Crippen molar-refractivity contribution in [2.75, 3.05) is 20.2 Å². The Labute approximate surface area is 186 Å². The molecule has 0 saturated carbocycles. The molecule has 3 aromatic rings. The summed E-state index contributed by atoms with van der Waals surface area (Å²) in [5.41, 5.74) is 10.3. The fourth-order valence-corrected chi connectivity index (χ4v) is 3.00. The number of aromatic nitrogens is 2. The summed E-state index contributed by atoms with van der Waals surface area (Å²) in [6, 6.07) is 14.7. The van der Waals surface area contributed by atoms with Gasteiger partial charge >= 0.3 is 0 Å². The third-order valence-corrected chi connectivity index (χ3v) is 4.81. The predicted octanol–water partition coefficient (Wildman–Crippen LogP) is 2.41. The molecule has 3 N–H and O–H groups in total. The fourth-order valence-electron chi connectivity index (χ4n) is 3.00. The Bertz CT molecular complexity index is 1190. The normalized spacial score (nSPS) is 10.2. The van der Waals surface area contributed by atoms with Gasteiger partial charge in [-0.1, -0.05) is 30.0 Å². The lowest BCUT2D eigenvalue weighted by Gasteiger charge is -2.13. The summed E-state index contributed by atoms with van der Waals surface area (Å²) < 4.78 is 0. The Morgan fingerprint density at radius 3 is 2.59 bits per heavy atom. The predicted molar refractivity (Wildman–Crippen MR) is 122 cm³/mol. The summed E-state index contributed by atoms with van der Waals surface area (Å²) in [7, 11) is 1.62. The van der Waals surface area contributed by atoms with Crippen LogP contribution in [-0.2, 0) is 4.79 Å². The van der Waals surface area contributed by atoms with Gasteiger partial charge in [0.1, 0.15) is 5.69 Å². The molecule has 0 fully saturated rings. The second kappa shape index (κ2) is 10.3. The van der Waals surface area contributed by atoms with E-state index < -0.39 is 5.91 Å². The highest BCUT2D eigenvalue weighted by atomic mass is 16.3. The smallest absolute Gasteiger partial charge is 0.267 e. The van der Waals surface area contributed by atoms with Crippen LogP contribution in [0.1, 0.15) is 28.2 Å². The van der Waals surface area contributed by atoms with Gasteiger partial charge in [-0.2, -0.15) is 0 Å². The molecule has 0 atom stereocenters. The van der Waals surface area contributed by atoms with Crippen molar-refractivity contribution in [2.45, 2.75) is 13.3 Å². The van der Waals surface area contributed by atoms with E-state index in [1.54, 1.807) is 19.3 Å². The summed E-state index contributed by atoms with van der Waals surface area (Å²) in [4.78, 5) is 34.0. The second-order valence-electron chi connectivity index (χ2n) is 7.28. The molecule has 2 aromatic heterocycles. The van der Waals surface area contributed by atoms with Gasteiger partial charge in [0, 0.05) is 42.2 Å². The van der Waals surface area contributed by atoms with Crippen molar-refractivity contribution in [1.82, 2.24) is 14.9 Å². The van der Waals surface area contributed by atoms with Gasteiger partial charge in [0.15, 0.2) is 0 Å². The van der Waals surface area contributed by atoms with Gasteiger partial charge in [-0.25, -0.2) is 4.98 Å². The van der Waals surface area contributed by atoms with E-state index in [1.165, 1.54) is 4.90 Å². The number of nitrogens with zero attached hydrogens (tertiary/aromatic N) is 3. The molecule has 0 aliphatic rings. The van der Waals surface area contributed by atoms with Gasteiger partial charge in [-0.15, -0.1) is 0 Å². The summed E-state index contributed by atoms with van der Waals surface area (Å²) in [5.74, 6) is 5.08. The minimum Gasteiger partial charge on any atom is -0.395 e. The van der Waals surface area contributed by atoms with Crippen molar-refractivity contribution in [3.63, 3.8) is 0 Å². The summed E-state index contributed by atoms with van der Waals surface area (Å²) in [5, 5.41) is 8.92. The molecule has 32 heavy (non-hydrogen) atoms. The maximum Gasteiger partial charge on any atom is 0.267 e. The van der Waals surface area contributed by atoms with Crippen molar-refractivity contribution >= 4 is 11.8 Å². The Morgan fingerprint density at radius 1 is 1.09 bits per heavy atom. The molecule has 2 heterocycles. The summed E-state index contributed by atoms with van der Waals surface area (Å²) in [6.45, 7) is 2.09. The van der Waals surface area contributed by atoms with Crippen molar-refractivity contribution in [2.24, 2.45) is 5.73 Å². The molecular formula is C25H24N4O3. The quantitative estimate of drug-likeness (QED) is 0.586. The molecule has 0 spiro atoms. The number of amides is 2. The van der Waals surface area contributed by atoms with Crippen LogP contribution in [0.3, 0.4) is 0 Å². The van der Waals surface area contributed by atoms with Crippen molar-refractivity contribution in [1.29, 1.82) is 0 Å². The zero-order chi connectivity index (χ0) is 23.1. The monoisotopic (exact) mass is 428 g/mol. The maximum atomic E-state index is 12.0. The van der Waals surface area contributed by atoms with E-state index in [-0.39, 0.29) is 31.2 Å². The molecule has 0 unspecified atom stereocenters. The number of nitrogens with two attached hydrogens (primary N) is 1. The van der Waals surface area contributed by atoms with Gasteiger partial charge < -0.3 is 15.7 Å². The molecule has 1 aromatic carbocycles. The first-order valence-corrected chi connectivity index (χ1v) is 10.1. The van der Waals surface area contributed by atoms with Crippen LogP contribution in [0.2, 0.25) is 0 Å². The Morgan fingerprint density at radius 2 is 1.91 bits per heavy atom. The first kappa shape index (κ1) is 22.7. The number of primary amides is 1. The minimum atomic E-state index is -0.616. The highest BCUT2D eigenvalue weighted by Gasteiger charge is 2.11. The highest BCUT2D eigenvalue weighted by Crippen LogP contribution is 2.26. The van der Waals surface area contributed by atoms with Crippen LogP contribution < -0.4 is 5.73 Å². The van der Waals surface area contributed by atoms with E-state index in [4.69, 9.17) is 10.8 Å². The lowest BCUT2D eigenvalue weighted by Crippen LogP contribution is -2.28. The van der Waals surface area contributed by atoms with Gasteiger partial charge in [0.25, 0.3) is 5.91 Å². The fraction of sp³-hybridized carbons (Fsp3) is 0.200. The number of rotatable bonds is 6. The van der Waals surface area contributed by atoms with Crippen LogP contribution in [0.25, 0.3) is 22.4 Å². The zero-order valence-electron chi connectivity index (χ0n) is 18.0. The van der Waals surface area contributed by atoms with Gasteiger partial charge in [0.2, 0.25) is 5.91 Å². The van der Waals surface area contributed by atoms with Crippen LogP contribution in [0.15, 0.2) is 54.7 Å². The molecule has 162 valence electrons. The largest absolute Gasteiger partial charge is 0.395 e. The summed E-state index contributed by atoms with van der Waals surface area (Å²) in [6.07, 6.45) is 1.80. The van der Waals surface area contributed by atoms with Gasteiger partial charge in [-0.05, 0) is 42.8 Å². The van der Waals surface area contributed by atoms with Gasteiger partial charge in [-0.3, -0.25) is 14.6 Å². The van der Waals surface area contributed by atoms with E-state index in [1.807, 2.05) is 49.4 Å². The number of aliphatic hydroxyl groups excluding tert-OH is 1. The maximum absolute atomic E-state index is 12.0. The lowest BCUT2D eigenvalue weighted by molar-refractivity contribution is -0.129. The number of benzene rings is 1.